The van der Waals surface area contributed by atoms with Gasteiger partial charge in [-0.1, -0.05) is 0 Å². The molecule has 152 valence electrons. The van der Waals surface area contributed by atoms with Gasteiger partial charge in [0.15, 0.2) is 5.82 Å². The van der Waals surface area contributed by atoms with E-state index in [4.69, 9.17) is 4.74 Å². The van der Waals surface area contributed by atoms with E-state index in [9.17, 15) is 18.8 Å². The van der Waals surface area contributed by atoms with Crippen molar-refractivity contribution in [2.24, 2.45) is 0 Å². The summed E-state index contributed by atoms with van der Waals surface area (Å²) in [6, 6.07) is 10.1. The topological polar surface area (TPSA) is 71.2 Å². The van der Waals surface area contributed by atoms with E-state index in [1.807, 2.05) is 19.9 Å². The Kier molecular flexibility index (Phi) is 4.96. The summed E-state index contributed by atoms with van der Waals surface area (Å²) in [6.07, 6.45) is 1.50. The van der Waals surface area contributed by atoms with E-state index in [1.165, 1.54) is 22.9 Å². The van der Waals surface area contributed by atoms with Crippen LogP contribution in [-0.4, -0.2) is 26.7 Å². The normalized spacial score (nSPS) is 12.7. The molecule has 0 N–H and O–H groups in total. The fourth-order valence-corrected chi connectivity index (χ4v) is 3.38. The van der Waals surface area contributed by atoms with Gasteiger partial charge in [-0.2, -0.15) is 10.4 Å². The number of benzene rings is 2. The van der Waals surface area contributed by atoms with Crippen molar-refractivity contribution >= 4 is 5.91 Å². The Labute approximate surface area is 171 Å². The first-order valence-corrected chi connectivity index (χ1v) is 9.38. The number of aromatic nitrogens is 2. The van der Waals surface area contributed by atoms with Crippen LogP contribution in [0.2, 0.25) is 0 Å². The first kappa shape index (κ1) is 19.6. The molecule has 1 amide bonds. The maximum absolute atomic E-state index is 14.0. The molecule has 0 fully saturated rings. The molecular formula is C22H18F2N4O2. The monoisotopic (exact) mass is 408 g/mol. The van der Waals surface area contributed by atoms with Gasteiger partial charge in [0.05, 0.1) is 35.5 Å². The quantitative estimate of drug-likeness (QED) is 0.655. The largest absolute Gasteiger partial charge is 0.490 e. The molecule has 1 aromatic heterocycles. The van der Waals surface area contributed by atoms with Gasteiger partial charge in [-0.25, -0.2) is 13.5 Å². The van der Waals surface area contributed by atoms with Crippen LogP contribution in [0.15, 0.2) is 42.6 Å². The molecule has 30 heavy (non-hydrogen) atoms. The van der Waals surface area contributed by atoms with Crippen molar-refractivity contribution in [3.8, 4) is 17.5 Å². The van der Waals surface area contributed by atoms with E-state index in [0.717, 1.165) is 11.6 Å². The minimum Gasteiger partial charge on any atom is -0.490 e. The number of ether oxygens (including phenoxy) is 1. The summed E-state index contributed by atoms with van der Waals surface area (Å²) in [5, 5.41) is 13.5. The minimum atomic E-state index is -0.715. The maximum Gasteiger partial charge on any atom is 0.258 e. The highest BCUT2D eigenvalue weighted by atomic mass is 19.1. The van der Waals surface area contributed by atoms with Gasteiger partial charge in [0.25, 0.3) is 5.91 Å². The van der Waals surface area contributed by atoms with Gasteiger partial charge < -0.3 is 9.64 Å². The highest BCUT2D eigenvalue weighted by Crippen LogP contribution is 2.29. The van der Waals surface area contributed by atoms with Crippen LogP contribution in [0.4, 0.5) is 8.78 Å². The Balaban J connectivity index is 1.59. The molecule has 1 aliphatic rings. The van der Waals surface area contributed by atoms with Gasteiger partial charge in [0.1, 0.15) is 17.3 Å². The molecule has 0 radical (unpaired) electrons. The third-order valence-electron chi connectivity index (χ3n) is 4.72. The molecule has 2 heterocycles. The van der Waals surface area contributed by atoms with Crippen molar-refractivity contribution in [3.63, 3.8) is 0 Å². The zero-order valence-corrected chi connectivity index (χ0v) is 16.4. The number of carbonyl (C=O) groups excluding carboxylic acids is 1. The van der Waals surface area contributed by atoms with Crippen LogP contribution in [0.5, 0.6) is 5.75 Å². The second-order valence-corrected chi connectivity index (χ2v) is 7.29. The van der Waals surface area contributed by atoms with Crippen molar-refractivity contribution < 1.29 is 18.3 Å². The number of amides is 1. The van der Waals surface area contributed by atoms with E-state index >= 15 is 0 Å². The second kappa shape index (κ2) is 7.59. The zero-order valence-electron chi connectivity index (χ0n) is 16.4. The standard InChI is InChI=1S/C22H18F2N4O2/c1-13(2)30-21-6-3-14(9-25)7-17(21)22(29)27-10-15-11-28(26-19(15)12-27)20-5-4-16(23)8-18(20)24/h3-8,11,13H,10,12H2,1-2H3. The van der Waals surface area contributed by atoms with Crippen molar-refractivity contribution in [1.29, 1.82) is 5.26 Å². The van der Waals surface area contributed by atoms with Crippen molar-refractivity contribution in [3.05, 3.63) is 76.6 Å². The average Bonchev–Trinajstić information content (AvgIpc) is 3.26. The molecule has 8 heteroatoms. The molecule has 0 bridgehead atoms. The number of nitriles is 1. The predicted molar refractivity (Wildman–Crippen MR) is 104 cm³/mol. The summed E-state index contributed by atoms with van der Waals surface area (Å²) < 4.78 is 34.3. The number of rotatable bonds is 4. The lowest BCUT2D eigenvalue weighted by molar-refractivity contribution is 0.0743. The Morgan fingerprint density at radius 3 is 2.67 bits per heavy atom. The molecule has 6 nitrogen and oxygen atoms in total. The Hall–Kier alpha value is -3.73. The summed E-state index contributed by atoms with van der Waals surface area (Å²) in [5.41, 5.74) is 2.22. The maximum atomic E-state index is 14.0. The lowest BCUT2D eigenvalue weighted by atomic mass is 10.1. The van der Waals surface area contributed by atoms with Crippen molar-refractivity contribution in [2.75, 3.05) is 0 Å². The van der Waals surface area contributed by atoms with Gasteiger partial charge in [0, 0.05) is 24.4 Å². The number of nitrogens with zero attached hydrogens (tertiary/aromatic N) is 4. The summed E-state index contributed by atoms with van der Waals surface area (Å²) in [5.74, 6) is -1.24. The molecule has 4 rings (SSSR count). The lowest BCUT2D eigenvalue weighted by Crippen LogP contribution is -2.27. The molecule has 1 aliphatic heterocycles. The van der Waals surface area contributed by atoms with E-state index in [1.54, 1.807) is 23.2 Å². The summed E-state index contributed by atoms with van der Waals surface area (Å²) in [6.45, 7) is 4.24. The summed E-state index contributed by atoms with van der Waals surface area (Å²) in [4.78, 5) is 14.7. The Bertz CT molecular complexity index is 1160. The molecule has 3 aromatic rings. The van der Waals surface area contributed by atoms with Crippen LogP contribution < -0.4 is 4.74 Å². The second-order valence-electron chi connectivity index (χ2n) is 7.29. The fraction of sp³-hybridized carbons (Fsp3) is 0.227. The van der Waals surface area contributed by atoms with E-state index in [-0.39, 0.29) is 30.8 Å². The number of halogens is 2. The first-order chi connectivity index (χ1) is 14.4. The number of fused-ring (bicyclic) bond motifs is 1. The fourth-order valence-electron chi connectivity index (χ4n) is 3.38. The predicted octanol–water partition coefficient (Wildman–Crippen LogP) is 3.97. The molecule has 0 spiro atoms. The average molecular weight is 408 g/mol. The molecule has 0 saturated heterocycles. The molecular weight excluding hydrogens is 390 g/mol. The van der Waals surface area contributed by atoms with Crippen LogP contribution in [0, 0.1) is 23.0 Å². The third kappa shape index (κ3) is 3.62. The molecule has 0 unspecified atom stereocenters. The number of hydrogen-bond acceptors (Lipinski definition) is 4. The van der Waals surface area contributed by atoms with E-state index < -0.39 is 11.6 Å². The molecule has 2 aromatic carbocycles. The van der Waals surface area contributed by atoms with Crippen LogP contribution in [-0.2, 0) is 13.1 Å². The molecule has 0 saturated carbocycles. The van der Waals surface area contributed by atoms with E-state index in [2.05, 4.69) is 5.10 Å². The third-order valence-corrected chi connectivity index (χ3v) is 4.72. The smallest absolute Gasteiger partial charge is 0.258 e. The van der Waals surface area contributed by atoms with Crippen molar-refractivity contribution in [2.45, 2.75) is 33.0 Å². The summed E-state index contributed by atoms with van der Waals surface area (Å²) in [7, 11) is 0. The van der Waals surface area contributed by atoms with Gasteiger partial charge in [-0.15, -0.1) is 0 Å². The van der Waals surface area contributed by atoms with E-state index in [0.29, 0.717) is 22.6 Å². The van der Waals surface area contributed by atoms with Gasteiger partial charge >= 0.3 is 0 Å². The highest BCUT2D eigenvalue weighted by molar-refractivity contribution is 5.97. The van der Waals surface area contributed by atoms with Crippen LogP contribution in [0.3, 0.4) is 0 Å². The van der Waals surface area contributed by atoms with Crippen LogP contribution in [0.25, 0.3) is 5.69 Å². The first-order valence-electron chi connectivity index (χ1n) is 9.38. The SMILES string of the molecule is CC(C)Oc1ccc(C#N)cc1C(=O)N1Cc2cn(-c3ccc(F)cc3F)nc2C1. The van der Waals surface area contributed by atoms with Crippen molar-refractivity contribution in [1.82, 2.24) is 14.7 Å². The minimum absolute atomic E-state index is 0.131. The molecule has 0 aliphatic carbocycles. The van der Waals surface area contributed by atoms with Gasteiger partial charge in [-0.05, 0) is 44.2 Å². The number of carbonyl (C=O) groups is 1. The zero-order chi connectivity index (χ0) is 21.4. The van der Waals surface area contributed by atoms with Crippen LogP contribution >= 0.6 is 0 Å². The Morgan fingerprint density at radius 2 is 2.00 bits per heavy atom. The summed E-state index contributed by atoms with van der Waals surface area (Å²) >= 11 is 0. The van der Waals surface area contributed by atoms with Gasteiger partial charge in [-0.3, -0.25) is 4.79 Å². The van der Waals surface area contributed by atoms with Crippen LogP contribution in [0.1, 0.15) is 41.0 Å². The van der Waals surface area contributed by atoms with Gasteiger partial charge in [0.2, 0.25) is 0 Å². The Morgan fingerprint density at radius 1 is 1.20 bits per heavy atom. The highest BCUT2D eigenvalue weighted by Gasteiger charge is 2.29. The lowest BCUT2D eigenvalue weighted by Gasteiger charge is -2.19. The molecule has 0 atom stereocenters. The number of hydrogen-bond donors (Lipinski definition) is 0.